The van der Waals surface area contributed by atoms with E-state index < -0.39 is 5.82 Å². The minimum atomic E-state index is -0.487. The molecule has 3 aromatic rings. The van der Waals surface area contributed by atoms with Crippen molar-refractivity contribution in [3.8, 4) is 11.4 Å². The summed E-state index contributed by atoms with van der Waals surface area (Å²) in [6.45, 7) is 0. The quantitative estimate of drug-likeness (QED) is 0.609. The van der Waals surface area contributed by atoms with Crippen molar-refractivity contribution >= 4 is 50.8 Å². The fourth-order valence-corrected chi connectivity index (χ4v) is 3.08. The van der Waals surface area contributed by atoms with Gasteiger partial charge in [-0.05, 0) is 30.4 Å². The van der Waals surface area contributed by atoms with Crippen molar-refractivity contribution in [2.75, 3.05) is 7.11 Å². The van der Waals surface area contributed by atoms with Gasteiger partial charge in [0, 0.05) is 16.6 Å². The van der Waals surface area contributed by atoms with Crippen LogP contribution in [-0.2, 0) is 0 Å². The summed E-state index contributed by atoms with van der Waals surface area (Å²) >= 11 is 14.6. The Kier molecular flexibility index (Phi) is 3.77. The third-order valence-electron chi connectivity index (χ3n) is 3.07. The van der Waals surface area contributed by atoms with Crippen LogP contribution in [-0.4, -0.2) is 16.7 Å². The van der Waals surface area contributed by atoms with Gasteiger partial charge in [0.1, 0.15) is 11.6 Å². The second kappa shape index (κ2) is 5.44. The number of aromatic nitrogens is 2. The van der Waals surface area contributed by atoms with Crippen LogP contribution in [0.4, 0.5) is 4.39 Å². The number of nitrogens with one attached hydrogen (secondary N) is 1. The van der Waals surface area contributed by atoms with Gasteiger partial charge in [0.2, 0.25) is 0 Å². The summed E-state index contributed by atoms with van der Waals surface area (Å²) < 4.78 is 21.9. The first-order valence-electron chi connectivity index (χ1n) is 5.94. The zero-order valence-electron chi connectivity index (χ0n) is 10.8. The lowest BCUT2D eigenvalue weighted by atomic mass is 10.2. The lowest BCUT2D eigenvalue weighted by molar-refractivity contribution is 0.414. The molecule has 1 aromatic heterocycles. The molecule has 0 saturated heterocycles. The lowest BCUT2D eigenvalue weighted by Crippen LogP contribution is -1.95. The van der Waals surface area contributed by atoms with Gasteiger partial charge in [0.15, 0.2) is 4.77 Å². The Bertz CT molecular complexity index is 906. The van der Waals surface area contributed by atoms with Crippen LogP contribution < -0.4 is 4.74 Å². The molecule has 0 aliphatic rings. The van der Waals surface area contributed by atoms with Crippen LogP contribution in [0, 0.1) is 10.6 Å². The topological polar surface area (TPSA) is 29.9 Å². The van der Waals surface area contributed by atoms with Crippen molar-refractivity contribution in [1.82, 2.24) is 9.55 Å². The van der Waals surface area contributed by atoms with Crippen molar-refractivity contribution < 1.29 is 9.13 Å². The SMILES string of the molecule is COc1cc(Br)cc(-n2c(=S)[nH]c3cc(F)c(Cl)cc32)c1. The molecule has 0 fully saturated rings. The van der Waals surface area contributed by atoms with E-state index in [2.05, 4.69) is 20.9 Å². The molecular formula is C14H9BrClFN2OS. The number of nitrogens with zero attached hydrogens (tertiary/aromatic N) is 1. The summed E-state index contributed by atoms with van der Waals surface area (Å²) in [5, 5.41) is 0.0483. The second-order valence-electron chi connectivity index (χ2n) is 4.40. The number of ether oxygens (including phenoxy) is 1. The van der Waals surface area contributed by atoms with E-state index in [1.54, 1.807) is 17.7 Å². The highest BCUT2D eigenvalue weighted by Gasteiger charge is 2.11. The van der Waals surface area contributed by atoms with Gasteiger partial charge in [-0.3, -0.25) is 4.57 Å². The van der Waals surface area contributed by atoms with E-state index in [1.807, 2.05) is 18.2 Å². The molecule has 0 bridgehead atoms. The predicted octanol–water partition coefficient (Wildman–Crippen LogP) is 5.25. The molecule has 0 spiro atoms. The summed E-state index contributed by atoms with van der Waals surface area (Å²) in [5.41, 5.74) is 2.08. The van der Waals surface area contributed by atoms with E-state index in [0.717, 1.165) is 10.2 Å². The Hall–Kier alpha value is -1.37. The monoisotopic (exact) mass is 386 g/mol. The molecule has 21 heavy (non-hydrogen) atoms. The van der Waals surface area contributed by atoms with E-state index in [4.69, 9.17) is 28.6 Å². The Morgan fingerprint density at radius 2 is 2.05 bits per heavy atom. The van der Waals surface area contributed by atoms with E-state index in [-0.39, 0.29) is 5.02 Å². The molecular weight excluding hydrogens is 379 g/mol. The molecule has 1 N–H and O–H groups in total. The molecule has 7 heteroatoms. The van der Waals surface area contributed by atoms with Gasteiger partial charge in [-0.15, -0.1) is 0 Å². The number of benzene rings is 2. The van der Waals surface area contributed by atoms with Gasteiger partial charge in [0.05, 0.1) is 28.9 Å². The number of H-pyrrole nitrogens is 1. The van der Waals surface area contributed by atoms with E-state index in [0.29, 0.717) is 21.6 Å². The first-order chi connectivity index (χ1) is 9.99. The summed E-state index contributed by atoms with van der Waals surface area (Å²) in [6.07, 6.45) is 0. The Labute approximate surface area is 138 Å². The van der Waals surface area contributed by atoms with Crippen molar-refractivity contribution in [1.29, 1.82) is 0 Å². The third kappa shape index (κ3) is 2.59. The van der Waals surface area contributed by atoms with E-state index in [9.17, 15) is 4.39 Å². The van der Waals surface area contributed by atoms with Gasteiger partial charge in [-0.25, -0.2) is 4.39 Å². The van der Waals surface area contributed by atoms with Gasteiger partial charge in [-0.1, -0.05) is 27.5 Å². The van der Waals surface area contributed by atoms with Gasteiger partial charge in [0.25, 0.3) is 0 Å². The largest absolute Gasteiger partial charge is 0.497 e. The molecule has 2 aromatic carbocycles. The highest BCUT2D eigenvalue weighted by atomic mass is 79.9. The molecule has 0 atom stereocenters. The predicted molar refractivity (Wildman–Crippen MR) is 87.7 cm³/mol. The summed E-state index contributed by atoms with van der Waals surface area (Å²) in [4.78, 5) is 2.97. The first kappa shape index (κ1) is 14.6. The van der Waals surface area contributed by atoms with E-state index >= 15 is 0 Å². The minimum Gasteiger partial charge on any atom is -0.497 e. The summed E-state index contributed by atoms with van der Waals surface area (Å²) in [5.74, 6) is 0.197. The van der Waals surface area contributed by atoms with Crippen LogP contribution in [0.25, 0.3) is 16.7 Å². The van der Waals surface area contributed by atoms with Gasteiger partial charge >= 0.3 is 0 Å². The average molecular weight is 388 g/mol. The Morgan fingerprint density at radius 3 is 2.76 bits per heavy atom. The standard InChI is InChI=1S/C14H9BrClFN2OS/c1-20-9-3-7(15)2-8(4-9)19-13-5-10(16)11(17)6-12(13)18-14(19)21/h2-6H,1H3,(H,18,21). The van der Waals surface area contributed by atoms with Crippen LogP contribution in [0.5, 0.6) is 5.75 Å². The van der Waals surface area contributed by atoms with Crippen molar-refractivity contribution in [3.63, 3.8) is 0 Å². The fourth-order valence-electron chi connectivity index (χ4n) is 2.15. The molecule has 0 saturated carbocycles. The highest BCUT2D eigenvalue weighted by molar-refractivity contribution is 9.10. The molecule has 108 valence electrons. The van der Waals surface area contributed by atoms with Crippen LogP contribution >= 0.6 is 39.7 Å². The molecule has 0 radical (unpaired) electrons. The van der Waals surface area contributed by atoms with Crippen LogP contribution in [0.15, 0.2) is 34.8 Å². The summed E-state index contributed by atoms with van der Waals surface area (Å²) in [6, 6.07) is 8.45. The third-order valence-corrected chi connectivity index (χ3v) is 4.11. The Morgan fingerprint density at radius 1 is 1.29 bits per heavy atom. The number of hydrogen-bond donors (Lipinski definition) is 1. The first-order valence-corrected chi connectivity index (χ1v) is 7.52. The second-order valence-corrected chi connectivity index (χ2v) is 6.11. The smallest absolute Gasteiger partial charge is 0.182 e. The number of imidazole rings is 1. The molecule has 1 heterocycles. The molecule has 3 nitrogen and oxygen atoms in total. The van der Waals surface area contributed by atoms with Gasteiger partial charge < -0.3 is 9.72 Å². The minimum absolute atomic E-state index is 0.0483. The molecule has 0 unspecified atom stereocenters. The molecule has 0 aliphatic carbocycles. The van der Waals surface area contributed by atoms with Crippen LogP contribution in [0.1, 0.15) is 0 Å². The van der Waals surface area contributed by atoms with Crippen LogP contribution in [0.2, 0.25) is 5.02 Å². The number of aromatic amines is 1. The number of hydrogen-bond acceptors (Lipinski definition) is 2. The maximum Gasteiger partial charge on any atom is 0.182 e. The number of fused-ring (bicyclic) bond motifs is 1. The van der Waals surface area contributed by atoms with Crippen molar-refractivity contribution in [2.45, 2.75) is 0 Å². The molecule has 3 rings (SSSR count). The number of halogens is 3. The zero-order valence-corrected chi connectivity index (χ0v) is 13.9. The summed E-state index contributed by atoms with van der Waals surface area (Å²) in [7, 11) is 1.59. The zero-order chi connectivity index (χ0) is 15.1. The van der Waals surface area contributed by atoms with Crippen molar-refractivity contribution in [2.24, 2.45) is 0 Å². The van der Waals surface area contributed by atoms with Crippen molar-refractivity contribution in [3.05, 3.63) is 50.4 Å². The number of methoxy groups -OCH3 is 1. The van der Waals surface area contributed by atoms with E-state index in [1.165, 1.54) is 6.07 Å². The molecule has 0 amide bonds. The maximum absolute atomic E-state index is 13.6. The Balaban J connectivity index is 2.34. The average Bonchev–Trinajstić information content (AvgIpc) is 2.74. The maximum atomic E-state index is 13.6. The lowest BCUT2D eigenvalue weighted by Gasteiger charge is -2.08. The highest BCUT2D eigenvalue weighted by Crippen LogP contribution is 2.29. The molecule has 0 aliphatic heterocycles. The fraction of sp³-hybridized carbons (Fsp3) is 0.0714. The number of rotatable bonds is 2. The van der Waals surface area contributed by atoms with Gasteiger partial charge in [-0.2, -0.15) is 0 Å². The normalized spacial score (nSPS) is 11.0. The van der Waals surface area contributed by atoms with Crippen LogP contribution in [0.3, 0.4) is 0 Å².